The highest BCUT2D eigenvalue weighted by Crippen LogP contribution is 1.94. The van der Waals surface area contributed by atoms with Gasteiger partial charge in [0.15, 0.2) is 0 Å². The Balaban J connectivity index is 3.20. The molecule has 0 spiro atoms. The topological polar surface area (TPSA) is 64.7 Å². The van der Waals surface area contributed by atoms with E-state index < -0.39 is 0 Å². The van der Waals surface area contributed by atoms with E-state index in [0.717, 1.165) is 0 Å². The van der Waals surface area contributed by atoms with E-state index in [-0.39, 0.29) is 12.7 Å². The summed E-state index contributed by atoms with van der Waals surface area (Å²) in [7, 11) is 1.62. The first-order chi connectivity index (χ1) is 5.35. The highest BCUT2D eigenvalue weighted by Gasteiger charge is 2.04. The molecule has 0 rings (SSSR count). The van der Waals surface area contributed by atoms with Gasteiger partial charge in [0.05, 0.1) is 19.3 Å². The molecular formula is C7H17NO3. The number of nitrogens with two attached hydrogens (primary N) is 1. The molecule has 0 aromatic heterocycles. The van der Waals surface area contributed by atoms with Crippen LogP contribution in [0.15, 0.2) is 0 Å². The zero-order valence-corrected chi connectivity index (χ0v) is 6.95. The van der Waals surface area contributed by atoms with Crippen molar-refractivity contribution in [3.8, 4) is 0 Å². The molecule has 3 N–H and O–H groups in total. The molecule has 0 saturated carbocycles. The van der Waals surface area contributed by atoms with E-state index in [2.05, 4.69) is 0 Å². The lowest BCUT2D eigenvalue weighted by Gasteiger charge is -2.13. The fourth-order valence-electron chi connectivity index (χ4n) is 0.711. The lowest BCUT2D eigenvalue weighted by atomic mass is 10.3. The molecule has 0 aliphatic carbocycles. The van der Waals surface area contributed by atoms with Crippen LogP contribution in [-0.2, 0) is 9.47 Å². The van der Waals surface area contributed by atoms with Gasteiger partial charge >= 0.3 is 0 Å². The summed E-state index contributed by atoms with van der Waals surface area (Å²) in [6.07, 6.45) is 0.565. The zero-order chi connectivity index (χ0) is 8.53. The zero-order valence-electron chi connectivity index (χ0n) is 6.95. The van der Waals surface area contributed by atoms with E-state index in [1.54, 1.807) is 7.11 Å². The van der Waals surface area contributed by atoms with Gasteiger partial charge in [-0.15, -0.1) is 0 Å². The fraction of sp³-hybridized carbons (Fsp3) is 1.00. The Hall–Kier alpha value is -0.160. The van der Waals surface area contributed by atoms with Gasteiger partial charge in [0, 0.05) is 20.3 Å². The standard InChI is InChI=1S/C7H17NO3/c1-10-4-5-11-7(6-8)2-3-9/h7,9H,2-6,8H2,1H3. The monoisotopic (exact) mass is 163 g/mol. The van der Waals surface area contributed by atoms with Gasteiger partial charge in [0.2, 0.25) is 0 Å². The molecule has 0 aromatic carbocycles. The van der Waals surface area contributed by atoms with Crippen molar-refractivity contribution in [1.29, 1.82) is 0 Å². The maximum Gasteiger partial charge on any atom is 0.0720 e. The molecule has 0 aromatic rings. The second-order valence-electron chi connectivity index (χ2n) is 2.23. The molecule has 11 heavy (non-hydrogen) atoms. The summed E-state index contributed by atoms with van der Waals surface area (Å²) in [5.74, 6) is 0. The number of rotatable bonds is 7. The second kappa shape index (κ2) is 7.94. The lowest BCUT2D eigenvalue weighted by molar-refractivity contribution is 0.0104. The van der Waals surface area contributed by atoms with E-state index in [9.17, 15) is 0 Å². The summed E-state index contributed by atoms with van der Waals surface area (Å²) in [6.45, 7) is 1.68. The minimum atomic E-state index is -0.0323. The summed E-state index contributed by atoms with van der Waals surface area (Å²) < 4.78 is 10.0. The van der Waals surface area contributed by atoms with Crippen LogP contribution in [0.5, 0.6) is 0 Å². The Bertz CT molecular complexity index is 80.1. The summed E-state index contributed by atoms with van der Waals surface area (Å²) in [4.78, 5) is 0. The van der Waals surface area contributed by atoms with Crippen molar-refractivity contribution in [3.05, 3.63) is 0 Å². The molecule has 68 valence electrons. The number of aliphatic hydroxyl groups is 1. The van der Waals surface area contributed by atoms with Crippen LogP contribution >= 0.6 is 0 Å². The van der Waals surface area contributed by atoms with Gasteiger partial charge in [-0.25, -0.2) is 0 Å². The van der Waals surface area contributed by atoms with E-state index in [4.69, 9.17) is 20.3 Å². The van der Waals surface area contributed by atoms with Crippen LogP contribution in [0.1, 0.15) is 6.42 Å². The van der Waals surface area contributed by atoms with Crippen molar-refractivity contribution < 1.29 is 14.6 Å². The van der Waals surface area contributed by atoms with Gasteiger partial charge in [-0.3, -0.25) is 0 Å². The molecule has 0 aliphatic heterocycles. The highest BCUT2D eigenvalue weighted by atomic mass is 16.5. The molecule has 1 unspecified atom stereocenters. The van der Waals surface area contributed by atoms with Crippen molar-refractivity contribution in [3.63, 3.8) is 0 Å². The van der Waals surface area contributed by atoms with Crippen molar-refractivity contribution in [2.24, 2.45) is 5.73 Å². The van der Waals surface area contributed by atoms with Crippen molar-refractivity contribution >= 4 is 0 Å². The summed E-state index contributed by atoms with van der Waals surface area (Å²) >= 11 is 0. The molecular weight excluding hydrogens is 146 g/mol. The molecule has 4 nitrogen and oxygen atoms in total. The van der Waals surface area contributed by atoms with E-state index in [0.29, 0.717) is 26.2 Å². The highest BCUT2D eigenvalue weighted by molar-refractivity contribution is 4.56. The maximum absolute atomic E-state index is 8.56. The van der Waals surface area contributed by atoms with Crippen LogP contribution < -0.4 is 5.73 Å². The molecule has 0 radical (unpaired) electrons. The Morgan fingerprint density at radius 1 is 1.45 bits per heavy atom. The van der Waals surface area contributed by atoms with E-state index in [1.807, 2.05) is 0 Å². The van der Waals surface area contributed by atoms with Crippen LogP contribution in [0, 0.1) is 0 Å². The van der Waals surface area contributed by atoms with Gasteiger partial charge in [0.25, 0.3) is 0 Å². The summed E-state index contributed by atoms with van der Waals surface area (Å²) in [5.41, 5.74) is 5.36. The number of hydrogen-bond donors (Lipinski definition) is 2. The van der Waals surface area contributed by atoms with Crippen LogP contribution in [0.25, 0.3) is 0 Å². The predicted octanol–water partition coefficient (Wildman–Crippen LogP) is -0.641. The Kier molecular flexibility index (Phi) is 7.83. The first-order valence-corrected chi connectivity index (χ1v) is 3.76. The van der Waals surface area contributed by atoms with Crippen LogP contribution in [-0.4, -0.2) is 44.7 Å². The number of aliphatic hydroxyl groups excluding tert-OH is 1. The smallest absolute Gasteiger partial charge is 0.0720 e. The summed E-state index contributed by atoms with van der Waals surface area (Å²) in [6, 6.07) is 0. The quantitative estimate of drug-likeness (QED) is 0.490. The molecule has 0 amide bonds. The van der Waals surface area contributed by atoms with E-state index in [1.165, 1.54) is 0 Å². The van der Waals surface area contributed by atoms with Gasteiger partial charge in [-0.1, -0.05) is 0 Å². The number of ether oxygens (including phenoxy) is 2. The first kappa shape index (κ1) is 10.8. The second-order valence-corrected chi connectivity index (χ2v) is 2.23. The first-order valence-electron chi connectivity index (χ1n) is 3.76. The minimum absolute atomic E-state index is 0.0323. The molecule has 1 atom stereocenters. The number of methoxy groups -OCH3 is 1. The molecule has 0 fully saturated rings. The normalized spacial score (nSPS) is 13.4. The predicted molar refractivity (Wildman–Crippen MR) is 42.4 cm³/mol. The third-order valence-electron chi connectivity index (χ3n) is 1.35. The lowest BCUT2D eigenvalue weighted by Crippen LogP contribution is -2.26. The van der Waals surface area contributed by atoms with Crippen LogP contribution in [0.3, 0.4) is 0 Å². The molecule has 0 aliphatic rings. The third kappa shape index (κ3) is 6.25. The maximum atomic E-state index is 8.56. The largest absolute Gasteiger partial charge is 0.396 e. The SMILES string of the molecule is COCCOC(CN)CCO. The minimum Gasteiger partial charge on any atom is -0.396 e. The van der Waals surface area contributed by atoms with Crippen molar-refractivity contribution in [1.82, 2.24) is 0 Å². The Morgan fingerprint density at radius 3 is 2.64 bits per heavy atom. The average molecular weight is 163 g/mol. The molecule has 0 bridgehead atoms. The Morgan fingerprint density at radius 2 is 2.18 bits per heavy atom. The van der Waals surface area contributed by atoms with Crippen molar-refractivity contribution in [2.45, 2.75) is 12.5 Å². The van der Waals surface area contributed by atoms with Crippen molar-refractivity contribution in [2.75, 3.05) is 33.5 Å². The van der Waals surface area contributed by atoms with Crippen LogP contribution in [0.4, 0.5) is 0 Å². The van der Waals surface area contributed by atoms with Crippen LogP contribution in [0.2, 0.25) is 0 Å². The summed E-state index contributed by atoms with van der Waals surface area (Å²) in [5, 5.41) is 8.56. The van der Waals surface area contributed by atoms with Gasteiger partial charge in [-0.05, 0) is 6.42 Å². The Labute approximate surface area is 67.3 Å². The fourth-order valence-corrected chi connectivity index (χ4v) is 0.711. The molecule has 4 heteroatoms. The number of hydrogen-bond acceptors (Lipinski definition) is 4. The van der Waals surface area contributed by atoms with Gasteiger partial charge in [0.1, 0.15) is 0 Å². The molecule has 0 saturated heterocycles. The third-order valence-corrected chi connectivity index (χ3v) is 1.35. The van der Waals surface area contributed by atoms with Gasteiger partial charge in [-0.2, -0.15) is 0 Å². The van der Waals surface area contributed by atoms with E-state index >= 15 is 0 Å². The molecule has 0 heterocycles. The van der Waals surface area contributed by atoms with Gasteiger partial charge < -0.3 is 20.3 Å². The average Bonchev–Trinajstić information content (AvgIpc) is 2.03.